The maximum Gasteiger partial charge on any atom is -0.0473 e. The second-order valence-corrected chi connectivity index (χ2v) is 0.408. The molecule has 0 bridgehead atoms. The number of hydrogen-bond acceptors (Lipinski definition) is 0. The molecule has 0 unspecified atom stereocenters. The standard InChI is InChI=1S/C3H6.C2H4.CH4.FH/c1-3-2;1-2;;/h3H,1H2,2H3;1-2H2;1H4;1H. The first-order chi connectivity index (χ1) is 2.41. The van der Waals surface area contributed by atoms with E-state index in [1.807, 2.05) is 6.92 Å². The van der Waals surface area contributed by atoms with Gasteiger partial charge in [0.25, 0.3) is 0 Å². The van der Waals surface area contributed by atoms with Crippen LogP contribution in [0.15, 0.2) is 25.8 Å². The summed E-state index contributed by atoms with van der Waals surface area (Å²) in [4.78, 5) is 0. The van der Waals surface area contributed by atoms with Gasteiger partial charge in [0, 0.05) is 0 Å². The lowest BCUT2D eigenvalue weighted by Crippen LogP contribution is -1.07. The van der Waals surface area contributed by atoms with Crippen LogP contribution in [-0.4, -0.2) is 0 Å². The van der Waals surface area contributed by atoms with Crippen molar-refractivity contribution in [2.24, 2.45) is 0 Å². The van der Waals surface area contributed by atoms with Crippen molar-refractivity contribution in [3.63, 3.8) is 0 Å². The van der Waals surface area contributed by atoms with Gasteiger partial charge in [0.15, 0.2) is 0 Å². The highest BCUT2D eigenvalue weighted by molar-refractivity contribution is 4.51. The van der Waals surface area contributed by atoms with Gasteiger partial charge in [-0.1, -0.05) is 13.5 Å². The van der Waals surface area contributed by atoms with E-state index in [1.165, 1.54) is 0 Å². The fourth-order valence-corrected chi connectivity index (χ4v) is 0. The Bertz CT molecular complexity index is 18.1. The maximum atomic E-state index is 3.36. The first kappa shape index (κ1) is 32.3. The van der Waals surface area contributed by atoms with E-state index in [1.54, 1.807) is 6.08 Å². The minimum absolute atomic E-state index is 0. The van der Waals surface area contributed by atoms with Gasteiger partial charge in [0.05, 0.1) is 0 Å². The van der Waals surface area contributed by atoms with Gasteiger partial charge >= 0.3 is 0 Å². The normalized spacial score (nSPS) is 2.43. The average Bonchev–Trinajstić information content (AvgIpc) is 1.46. The van der Waals surface area contributed by atoms with Crippen molar-refractivity contribution in [1.29, 1.82) is 0 Å². The Morgan fingerprint density at radius 1 is 1.29 bits per heavy atom. The van der Waals surface area contributed by atoms with Crippen LogP contribution < -0.4 is 0 Å². The van der Waals surface area contributed by atoms with Crippen molar-refractivity contribution in [2.75, 3.05) is 0 Å². The van der Waals surface area contributed by atoms with Crippen molar-refractivity contribution >= 4 is 0 Å². The van der Waals surface area contributed by atoms with Gasteiger partial charge in [-0.15, -0.1) is 19.7 Å². The molecule has 0 saturated heterocycles. The molecule has 0 nitrogen and oxygen atoms in total. The van der Waals surface area contributed by atoms with Gasteiger partial charge in [-0.25, -0.2) is 0 Å². The van der Waals surface area contributed by atoms with Gasteiger partial charge in [-0.2, -0.15) is 0 Å². The fourth-order valence-electron chi connectivity index (χ4n) is 0. The fraction of sp³-hybridized carbons (Fsp3) is 0.333. The second-order valence-electron chi connectivity index (χ2n) is 0.408. The third-order valence-electron chi connectivity index (χ3n) is 0. The Hall–Kier alpha value is -0.590. The Morgan fingerprint density at radius 3 is 1.29 bits per heavy atom. The second kappa shape index (κ2) is 626. The van der Waals surface area contributed by atoms with Crippen molar-refractivity contribution in [3.05, 3.63) is 25.8 Å². The van der Waals surface area contributed by atoms with E-state index in [-0.39, 0.29) is 12.1 Å². The molecule has 0 aromatic rings. The molecule has 0 radical (unpaired) electrons. The molecular weight excluding hydrogens is 91.1 g/mol. The van der Waals surface area contributed by atoms with Gasteiger partial charge in [-0.05, 0) is 6.92 Å². The van der Waals surface area contributed by atoms with Crippen LogP contribution in [0.5, 0.6) is 0 Å². The average molecular weight is 106 g/mol. The molecule has 0 spiro atoms. The molecule has 0 rings (SSSR count). The summed E-state index contributed by atoms with van der Waals surface area (Å²) < 4.78 is 0. The summed E-state index contributed by atoms with van der Waals surface area (Å²) in [5.41, 5.74) is 0. The molecule has 46 valence electrons. The number of halogens is 1. The highest BCUT2D eigenvalue weighted by Crippen LogP contribution is 1.38. The summed E-state index contributed by atoms with van der Waals surface area (Å²) in [7, 11) is 0. The summed E-state index contributed by atoms with van der Waals surface area (Å²) in [5.74, 6) is 0. The van der Waals surface area contributed by atoms with Crippen LogP contribution in [0.4, 0.5) is 4.70 Å². The summed E-state index contributed by atoms with van der Waals surface area (Å²) in [6.07, 6.45) is 1.75. The van der Waals surface area contributed by atoms with Crippen LogP contribution in [0, 0.1) is 0 Å². The van der Waals surface area contributed by atoms with E-state index in [9.17, 15) is 0 Å². The summed E-state index contributed by atoms with van der Waals surface area (Å²) in [6.45, 7) is 11.2. The largest absolute Gasteiger partial charge is 0.269 e. The predicted octanol–water partition coefficient (Wildman–Crippen LogP) is 2.78. The molecule has 0 fully saturated rings. The minimum Gasteiger partial charge on any atom is -0.269 e. The van der Waals surface area contributed by atoms with E-state index in [4.69, 9.17) is 0 Å². The third kappa shape index (κ3) is 181. The monoisotopic (exact) mass is 106 g/mol. The van der Waals surface area contributed by atoms with E-state index < -0.39 is 0 Å². The molecule has 0 aliphatic carbocycles. The maximum absolute atomic E-state index is 3.36. The van der Waals surface area contributed by atoms with E-state index in [0.717, 1.165) is 0 Å². The molecule has 0 N–H and O–H groups in total. The molecule has 0 aromatic heterocycles. The van der Waals surface area contributed by atoms with Crippen molar-refractivity contribution in [1.82, 2.24) is 0 Å². The number of rotatable bonds is 0. The molecule has 0 aliphatic rings. The Balaban J connectivity index is -0.0000000105. The zero-order valence-electron chi connectivity index (χ0n) is 4.11. The Morgan fingerprint density at radius 2 is 1.29 bits per heavy atom. The summed E-state index contributed by atoms with van der Waals surface area (Å²) in [6, 6.07) is 0. The SMILES string of the molecule is C.C=C.C=CC.F. The molecule has 0 saturated carbocycles. The number of allylic oxidation sites excluding steroid dienone is 1. The topological polar surface area (TPSA) is 0 Å². The Kier molecular flexibility index (Phi) is 2890. The van der Waals surface area contributed by atoms with Crippen LogP contribution in [-0.2, 0) is 0 Å². The predicted molar refractivity (Wildman–Crippen MR) is 36.4 cm³/mol. The van der Waals surface area contributed by atoms with Crippen LogP contribution in [0.3, 0.4) is 0 Å². The van der Waals surface area contributed by atoms with Crippen molar-refractivity contribution in [2.45, 2.75) is 14.4 Å². The lowest BCUT2D eigenvalue weighted by molar-refractivity contribution is 1.11. The van der Waals surface area contributed by atoms with Crippen LogP contribution in [0.1, 0.15) is 14.4 Å². The quantitative estimate of drug-likeness (QED) is 0.416. The van der Waals surface area contributed by atoms with Crippen LogP contribution in [0.25, 0.3) is 0 Å². The molecule has 0 amide bonds. The van der Waals surface area contributed by atoms with Crippen LogP contribution in [0.2, 0.25) is 0 Å². The first-order valence-electron chi connectivity index (χ1n) is 1.49. The zero-order valence-corrected chi connectivity index (χ0v) is 4.11. The van der Waals surface area contributed by atoms with E-state index in [0.29, 0.717) is 0 Å². The van der Waals surface area contributed by atoms with Gasteiger partial charge < -0.3 is 0 Å². The third-order valence-corrected chi connectivity index (χ3v) is 0. The van der Waals surface area contributed by atoms with Gasteiger partial charge in [-0.3, -0.25) is 4.70 Å². The molecule has 0 aromatic carbocycles. The number of hydrogen-bond donors (Lipinski definition) is 0. The summed E-state index contributed by atoms with van der Waals surface area (Å²) >= 11 is 0. The molecule has 1 heteroatoms. The smallest absolute Gasteiger partial charge is 0.0473 e. The van der Waals surface area contributed by atoms with Gasteiger partial charge in [0.2, 0.25) is 0 Å². The minimum atomic E-state index is 0. The zero-order chi connectivity index (χ0) is 4.71. The van der Waals surface area contributed by atoms with Crippen molar-refractivity contribution in [3.8, 4) is 0 Å². The van der Waals surface area contributed by atoms with E-state index in [2.05, 4.69) is 19.7 Å². The lowest BCUT2D eigenvalue weighted by Gasteiger charge is -1.31. The highest BCUT2D eigenvalue weighted by Gasteiger charge is 1.15. The molecule has 0 atom stereocenters. The van der Waals surface area contributed by atoms with Gasteiger partial charge in [0.1, 0.15) is 0 Å². The lowest BCUT2D eigenvalue weighted by atomic mass is 10.8. The van der Waals surface area contributed by atoms with E-state index >= 15 is 0 Å². The molecule has 0 aliphatic heterocycles. The highest BCUT2D eigenvalue weighted by atomic mass is 19.0. The molecular formula is C6H15F. The Labute approximate surface area is 45.9 Å². The van der Waals surface area contributed by atoms with Crippen LogP contribution >= 0.6 is 0 Å². The molecule has 0 heterocycles. The summed E-state index contributed by atoms with van der Waals surface area (Å²) in [5, 5.41) is 0. The molecule has 7 heavy (non-hydrogen) atoms. The first-order valence-corrected chi connectivity index (χ1v) is 1.49. The van der Waals surface area contributed by atoms with Crippen molar-refractivity contribution < 1.29 is 4.70 Å².